The summed E-state index contributed by atoms with van der Waals surface area (Å²) in [4.78, 5) is 29.5. The summed E-state index contributed by atoms with van der Waals surface area (Å²) in [6.45, 7) is 0.612. The summed E-state index contributed by atoms with van der Waals surface area (Å²) < 4.78 is 1.96. The third-order valence-electron chi connectivity index (χ3n) is 4.59. The molecule has 2 aromatic heterocycles. The Morgan fingerprint density at radius 3 is 3.08 bits per heavy atom. The lowest BCUT2D eigenvalue weighted by atomic mass is 9.87. The summed E-state index contributed by atoms with van der Waals surface area (Å²) in [5, 5.41) is 9.09. The molecule has 1 aliphatic heterocycles. The van der Waals surface area contributed by atoms with E-state index in [9.17, 15) is 9.59 Å². The SMILES string of the molecule is Cn1ccnc1SCCNC(=O)CC[C@]1(Cc2cccs2)CCC(=O)N1. The standard InChI is InChI=1S/C18H24N4O2S2/c1-22-10-8-20-17(22)26-12-9-19-15(23)4-6-18(7-5-16(24)21-18)13-14-3-2-11-25-14/h2-3,8,10-11H,4-7,9,12-13H2,1H3,(H,19,23)(H,21,24)/t18-/m1/s1. The molecule has 1 atom stereocenters. The Labute approximate surface area is 161 Å². The Morgan fingerprint density at radius 1 is 1.54 bits per heavy atom. The van der Waals surface area contributed by atoms with E-state index in [1.165, 1.54) is 4.88 Å². The number of thiophene rings is 1. The van der Waals surface area contributed by atoms with Crippen molar-refractivity contribution in [3.8, 4) is 0 Å². The zero-order valence-electron chi connectivity index (χ0n) is 14.9. The van der Waals surface area contributed by atoms with Crippen LogP contribution in [0.4, 0.5) is 0 Å². The largest absolute Gasteiger partial charge is 0.355 e. The number of amides is 2. The molecular weight excluding hydrogens is 368 g/mol. The summed E-state index contributed by atoms with van der Waals surface area (Å²) in [7, 11) is 1.96. The molecule has 0 aromatic carbocycles. The van der Waals surface area contributed by atoms with Gasteiger partial charge in [0.1, 0.15) is 0 Å². The topological polar surface area (TPSA) is 76.0 Å². The minimum Gasteiger partial charge on any atom is -0.355 e. The van der Waals surface area contributed by atoms with Crippen LogP contribution in [0, 0.1) is 0 Å². The van der Waals surface area contributed by atoms with E-state index in [4.69, 9.17) is 0 Å². The van der Waals surface area contributed by atoms with Crippen molar-refractivity contribution in [2.45, 2.75) is 42.8 Å². The van der Waals surface area contributed by atoms with Gasteiger partial charge in [-0.25, -0.2) is 4.98 Å². The van der Waals surface area contributed by atoms with Crippen LogP contribution < -0.4 is 10.6 Å². The molecule has 26 heavy (non-hydrogen) atoms. The van der Waals surface area contributed by atoms with Crippen LogP contribution in [0.25, 0.3) is 0 Å². The van der Waals surface area contributed by atoms with Crippen molar-refractivity contribution < 1.29 is 9.59 Å². The van der Waals surface area contributed by atoms with Crippen LogP contribution >= 0.6 is 23.1 Å². The lowest BCUT2D eigenvalue weighted by Gasteiger charge is -2.28. The molecule has 0 aliphatic carbocycles. The number of nitrogens with one attached hydrogen (secondary N) is 2. The number of aryl methyl sites for hydroxylation is 1. The number of nitrogens with zero attached hydrogens (tertiary/aromatic N) is 2. The highest BCUT2D eigenvalue weighted by molar-refractivity contribution is 7.99. The van der Waals surface area contributed by atoms with Gasteiger partial charge in [-0.05, 0) is 24.3 Å². The van der Waals surface area contributed by atoms with Crippen molar-refractivity contribution in [2.75, 3.05) is 12.3 Å². The number of rotatable bonds is 9. The smallest absolute Gasteiger partial charge is 0.220 e. The Morgan fingerprint density at radius 2 is 2.42 bits per heavy atom. The Balaban J connectivity index is 1.42. The number of hydrogen-bond donors (Lipinski definition) is 2. The second kappa shape index (κ2) is 8.73. The van der Waals surface area contributed by atoms with E-state index in [2.05, 4.69) is 21.7 Å². The van der Waals surface area contributed by atoms with Gasteiger partial charge in [0.2, 0.25) is 11.8 Å². The van der Waals surface area contributed by atoms with E-state index in [1.54, 1.807) is 29.3 Å². The first-order chi connectivity index (χ1) is 12.6. The molecule has 140 valence electrons. The molecule has 2 aromatic rings. The van der Waals surface area contributed by atoms with Crippen molar-refractivity contribution in [3.05, 3.63) is 34.8 Å². The van der Waals surface area contributed by atoms with Crippen LogP contribution in [0.2, 0.25) is 0 Å². The Hall–Kier alpha value is -1.80. The molecule has 1 aliphatic rings. The quantitative estimate of drug-likeness (QED) is 0.507. The van der Waals surface area contributed by atoms with Crippen molar-refractivity contribution in [3.63, 3.8) is 0 Å². The van der Waals surface area contributed by atoms with Crippen molar-refractivity contribution in [1.82, 2.24) is 20.2 Å². The number of imidazole rings is 1. The van der Waals surface area contributed by atoms with Gasteiger partial charge in [-0.15, -0.1) is 11.3 Å². The highest BCUT2D eigenvalue weighted by atomic mass is 32.2. The summed E-state index contributed by atoms with van der Waals surface area (Å²) in [6, 6.07) is 4.11. The first-order valence-electron chi connectivity index (χ1n) is 8.77. The zero-order chi connectivity index (χ0) is 18.4. The van der Waals surface area contributed by atoms with Crippen molar-refractivity contribution >= 4 is 34.9 Å². The predicted molar refractivity (Wildman–Crippen MR) is 104 cm³/mol. The first-order valence-corrected chi connectivity index (χ1v) is 10.6. The monoisotopic (exact) mass is 392 g/mol. The fraction of sp³-hybridized carbons (Fsp3) is 0.500. The summed E-state index contributed by atoms with van der Waals surface area (Å²) in [5.74, 6) is 0.916. The van der Waals surface area contributed by atoms with Crippen molar-refractivity contribution in [2.24, 2.45) is 7.05 Å². The first kappa shape index (κ1) is 19.0. The molecule has 1 fully saturated rings. The maximum Gasteiger partial charge on any atom is 0.220 e. The second-order valence-electron chi connectivity index (χ2n) is 6.60. The average Bonchev–Trinajstić information content (AvgIpc) is 3.34. The van der Waals surface area contributed by atoms with Gasteiger partial charge >= 0.3 is 0 Å². The van der Waals surface area contributed by atoms with Gasteiger partial charge in [0.15, 0.2) is 5.16 Å². The number of carbonyl (C=O) groups excluding carboxylic acids is 2. The molecular formula is C18H24N4O2S2. The fourth-order valence-electron chi connectivity index (χ4n) is 3.19. The van der Waals surface area contributed by atoms with Crippen LogP contribution in [-0.2, 0) is 23.1 Å². The molecule has 0 saturated carbocycles. The van der Waals surface area contributed by atoms with Crippen molar-refractivity contribution in [1.29, 1.82) is 0 Å². The van der Waals surface area contributed by atoms with Crippen LogP contribution in [-0.4, -0.2) is 39.2 Å². The van der Waals surface area contributed by atoms with Gasteiger partial charge in [0.05, 0.1) is 0 Å². The number of carbonyl (C=O) groups is 2. The lowest BCUT2D eigenvalue weighted by molar-refractivity contribution is -0.122. The van der Waals surface area contributed by atoms with E-state index in [1.807, 2.05) is 29.3 Å². The van der Waals surface area contributed by atoms with E-state index in [0.717, 1.165) is 23.8 Å². The van der Waals surface area contributed by atoms with Crippen LogP contribution in [0.5, 0.6) is 0 Å². The molecule has 0 unspecified atom stereocenters. The Kier molecular flexibility index (Phi) is 6.37. The fourth-order valence-corrected chi connectivity index (χ4v) is 4.83. The molecule has 3 heterocycles. The molecule has 0 radical (unpaired) electrons. The molecule has 2 N–H and O–H groups in total. The number of thioether (sulfide) groups is 1. The highest BCUT2D eigenvalue weighted by Crippen LogP contribution is 2.30. The van der Waals surface area contributed by atoms with Gasteiger partial charge in [0, 0.05) is 61.4 Å². The maximum absolute atomic E-state index is 12.2. The molecule has 0 spiro atoms. The van der Waals surface area contributed by atoms with Gasteiger partial charge in [-0.1, -0.05) is 17.8 Å². The maximum atomic E-state index is 12.2. The average molecular weight is 393 g/mol. The third kappa shape index (κ3) is 5.11. The number of hydrogen-bond acceptors (Lipinski definition) is 5. The van der Waals surface area contributed by atoms with Crippen LogP contribution in [0.3, 0.4) is 0 Å². The van der Waals surface area contributed by atoms with Crippen LogP contribution in [0.1, 0.15) is 30.6 Å². The van der Waals surface area contributed by atoms with Gasteiger partial charge in [-0.2, -0.15) is 0 Å². The lowest BCUT2D eigenvalue weighted by Crippen LogP contribution is -2.44. The zero-order valence-corrected chi connectivity index (χ0v) is 16.5. The van der Waals surface area contributed by atoms with E-state index in [-0.39, 0.29) is 17.4 Å². The minimum atomic E-state index is -0.277. The van der Waals surface area contributed by atoms with Crippen LogP contribution in [0.15, 0.2) is 35.1 Å². The summed E-state index contributed by atoms with van der Waals surface area (Å²) in [5.41, 5.74) is -0.277. The Bertz CT molecular complexity index is 744. The summed E-state index contributed by atoms with van der Waals surface area (Å²) >= 11 is 3.32. The second-order valence-corrected chi connectivity index (χ2v) is 8.70. The molecule has 2 amide bonds. The molecule has 3 rings (SSSR count). The summed E-state index contributed by atoms with van der Waals surface area (Å²) in [6.07, 6.45) is 6.93. The molecule has 6 nitrogen and oxygen atoms in total. The van der Waals surface area contributed by atoms with E-state index < -0.39 is 0 Å². The predicted octanol–water partition coefficient (Wildman–Crippen LogP) is 2.36. The molecule has 0 bridgehead atoms. The molecule has 8 heteroatoms. The van der Waals surface area contributed by atoms with E-state index in [0.29, 0.717) is 25.8 Å². The highest BCUT2D eigenvalue weighted by Gasteiger charge is 2.38. The van der Waals surface area contributed by atoms with Gasteiger partial charge in [-0.3, -0.25) is 9.59 Å². The minimum absolute atomic E-state index is 0.0390. The van der Waals surface area contributed by atoms with Gasteiger partial charge < -0.3 is 15.2 Å². The molecule has 1 saturated heterocycles. The third-order valence-corrected chi connectivity index (χ3v) is 6.53. The van der Waals surface area contributed by atoms with E-state index >= 15 is 0 Å². The van der Waals surface area contributed by atoms with Gasteiger partial charge in [0.25, 0.3) is 0 Å². The normalized spacial score (nSPS) is 19.5. The number of aromatic nitrogens is 2.